The van der Waals surface area contributed by atoms with Gasteiger partial charge in [-0.3, -0.25) is 0 Å². The molecule has 0 saturated carbocycles. The summed E-state index contributed by atoms with van der Waals surface area (Å²) in [6.45, 7) is 0. The molecule has 0 nitrogen and oxygen atoms in total. The Bertz CT molecular complexity index is 2580. The van der Waals surface area contributed by atoms with E-state index in [0.717, 1.165) is 0 Å². The first-order valence-electron chi connectivity index (χ1n) is 18.6. The van der Waals surface area contributed by atoms with Gasteiger partial charge in [0, 0.05) is 0 Å². The predicted molar refractivity (Wildman–Crippen MR) is 234 cm³/mol. The number of hydrogen-bond acceptors (Lipinski definition) is 0. The Morgan fingerprint density at radius 2 is 0.593 bits per heavy atom. The van der Waals surface area contributed by atoms with Gasteiger partial charge in [-0.15, -0.1) is 0 Å². The second-order valence-electron chi connectivity index (χ2n) is 13.7. The van der Waals surface area contributed by atoms with Gasteiger partial charge in [-0.1, -0.05) is 218 Å². The van der Waals surface area contributed by atoms with Crippen molar-refractivity contribution in [3.05, 3.63) is 229 Å². The molecule has 0 atom stereocenters. The van der Waals surface area contributed by atoms with Crippen molar-refractivity contribution in [3.8, 4) is 44.5 Å². The lowest BCUT2D eigenvalue weighted by molar-refractivity contribution is 1.60. The highest BCUT2D eigenvalue weighted by Gasteiger charge is 2.20. The van der Waals surface area contributed by atoms with Crippen LogP contribution in [0.1, 0.15) is 22.3 Å². The smallest absolute Gasteiger partial charge is 0.00201 e. The maximum absolute atomic E-state index is 2.41. The fraction of sp³-hybridized carbons (Fsp3) is 0. The average molecular weight is 687 g/mol. The molecule has 0 radical (unpaired) electrons. The Balaban J connectivity index is 1.38. The molecule has 0 heteroatoms. The first-order valence-corrected chi connectivity index (χ1v) is 18.6. The van der Waals surface area contributed by atoms with E-state index in [1.165, 1.54) is 88.3 Å². The highest BCUT2D eigenvalue weighted by molar-refractivity contribution is 6.23. The van der Waals surface area contributed by atoms with E-state index in [9.17, 15) is 0 Å². The minimum atomic E-state index is 1.18. The minimum Gasteiger partial charge on any atom is -0.0622 e. The monoisotopic (exact) mass is 686 g/mol. The van der Waals surface area contributed by atoms with Gasteiger partial charge >= 0.3 is 0 Å². The molecule has 0 aliphatic rings. The van der Waals surface area contributed by atoms with Gasteiger partial charge in [0.15, 0.2) is 0 Å². The first kappa shape index (κ1) is 32.9. The molecule has 0 spiro atoms. The Hall–Kier alpha value is -7.02. The van der Waals surface area contributed by atoms with Gasteiger partial charge in [-0.25, -0.2) is 0 Å². The van der Waals surface area contributed by atoms with Crippen molar-refractivity contribution >= 4 is 45.8 Å². The molecule has 54 heavy (non-hydrogen) atoms. The zero-order valence-corrected chi connectivity index (χ0v) is 29.9. The molecular weight excluding hydrogens is 649 g/mol. The molecule has 0 aliphatic carbocycles. The number of rotatable bonds is 8. The molecule has 0 heterocycles. The maximum Gasteiger partial charge on any atom is -0.00201 e. The number of fused-ring (bicyclic) bond motifs is 2. The highest BCUT2D eigenvalue weighted by Crippen LogP contribution is 2.47. The van der Waals surface area contributed by atoms with Gasteiger partial charge < -0.3 is 0 Å². The summed E-state index contributed by atoms with van der Waals surface area (Å²) in [7, 11) is 0. The minimum absolute atomic E-state index is 1.18. The van der Waals surface area contributed by atoms with E-state index in [1.807, 2.05) is 0 Å². The summed E-state index contributed by atoms with van der Waals surface area (Å²) in [5.74, 6) is 0. The van der Waals surface area contributed by atoms with Crippen molar-refractivity contribution in [2.24, 2.45) is 0 Å². The lowest BCUT2D eigenvalue weighted by atomic mass is 9.82. The molecule has 0 aliphatic heterocycles. The maximum atomic E-state index is 2.41. The van der Waals surface area contributed by atoms with Gasteiger partial charge in [0.1, 0.15) is 0 Å². The molecule has 254 valence electrons. The summed E-state index contributed by atoms with van der Waals surface area (Å²) in [6.07, 6.45) is 8.96. The molecule has 0 amide bonds. The van der Waals surface area contributed by atoms with Crippen LogP contribution in [0.2, 0.25) is 0 Å². The zero-order chi connectivity index (χ0) is 36.1. The molecule has 9 aromatic rings. The molecule has 0 bridgehead atoms. The summed E-state index contributed by atoms with van der Waals surface area (Å²) in [6, 6.07) is 74.4. The predicted octanol–water partition coefficient (Wildman–Crippen LogP) is 15.0. The van der Waals surface area contributed by atoms with Crippen LogP contribution in [0.3, 0.4) is 0 Å². The average Bonchev–Trinajstić information content (AvgIpc) is 3.25. The van der Waals surface area contributed by atoms with E-state index in [4.69, 9.17) is 0 Å². The quantitative estimate of drug-likeness (QED) is 0.110. The Labute approximate surface area is 317 Å². The summed E-state index contributed by atoms with van der Waals surface area (Å²) in [5, 5.41) is 4.91. The topological polar surface area (TPSA) is 0 Å². The Morgan fingerprint density at radius 1 is 0.241 bits per heavy atom. The lowest BCUT2D eigenvalue weighted by Crippen LogP contribution is -1.95. The van der Waals surface area contributed by atoms with E-state index in [1.54, 1.807) is 0 Å². The van der Waals surface area contributed by atoms with Crippen LogP contribution >= 0.6 is 0 Å². The van der Waals surface area contributed by atoms with Crippen molar-refractivity contribution in [1.82, 2.24) is 0 Å². The van der Waals surface area contributed by atoms with Crippen molar-refractivity contribution in [3.63, 3.8) is 0 Å². The number of hydrogen-bond donors (Lipinski definition) is 0. The molecule has 9 aromatic carbocycles. The lowest BCUT2D eigenvalue weighted by Gasteiger charge is -2.21. The summed E-state index contributed by atoms with van der Waals surface area (Å²) < 4.78 is 0. The summed E-state index contributed by atoms with van der Waals surface area (Å²) >= 11 is 0. The van der Waals surface area contributed by atoms with Crippen LogP contribution < -0.4 is 0 Å². The molecule has 0 aromatic heterocycles. The normalized spacial score (nSPS) is 11.6. The summed E-state index contributed by atoms with van der Waals surface area (Å²) in [5.41, 5.74) is 14.4. The fourth-order valence-electron chi connectivity index (χ4n) is 7.67. The van der Waals surface area contributed by atoms with E-state index in [-0.39, 0.29) is 0 Å². The van der Waals surface area contributed by atoms with Crippen LogP contribution in [0.25, 0.3) is 90.4 Å². The van der Waals surface area contributed by atoms with E-state index in [2.05, 4.69) is 231 Å². The van der Waals surface area contributed by atoms with Gasteiger partial charge in [0.05, 0.1) is 0 Å². The van der Waals surface area contributed by atoms with Crippen molar-refractivity contribution < 1.29 is 0 Å². The van der Waals surface area contributed by atoms with Gasteiger partial charge in [-0.05, 0) is 100 Å². The van der Waals surface area contributed by atoms with Gasteiger partial charge in [0.25, 0.3) is 0 Å². The van der Waals surface area contributed by atoms with Crippen LogP contribution in [0.15, 0.2) is 206 Å². The van der Waals surface area contributed by atoms with Crippen LogP contribution in [-0.2, 0) is 0 Å². The standard InChI is InChI=1S/C54H38/c1-5-17-39(18-6-1)29-31-43-25-13-15-27-47(43)53-49-35-33-46(42-23-11-4-12-24-42)38-52(49)54(50-36-34-45(37-51(50)53)41-21-9-3-10-22-41)48-28-16-14-26-44(48)32-30-40-19-7-2-8-20-40/h1-38H/b31-29+,32-30+. The zero-order valence-electron chi connectivity index (χ0n) is 29.9. The van der Waals surface area contributed by atoms with E-state index < -0.39 is 0 Å². The van der Waals surface area contributed by atoms with Gasteiger partial charge in [0.2, 0.25) is 0 Å². The van der Waals surface area contributed by atoms with Crippen molar-refractivity contribution in [2.45, 2.75) is 0 Å². The third kappa shape index (κ3) is 6.58. The Morgan fingerprint density at radius 3 is 1.00 bits per heavy atom. The first-order chi connectivity index (χ1) is 26.8. The van der Waals surface area contributed by atoms with Crippen LogP contribution in [0, 0.1) is 0 Å². The molecular formula is C54H38. The van der Waals surface area contributed by atoms with E-state index in [0.29, 0.717) is 0 Å². The number of benzene rings is 9. The summed E-state index contributed by atoms with van der Waals surface area (Å²) in [4.78, 5) is 0. The van der Waals surface area contributed by atoms with Crippen molar-refractivity contribution in [2.75, 3.05) is 0 Å². The van der Waals surface area contributed by atoms with Gasteiger partial charge in [-0.2, -0.15) is 0 Å². The second kappa shape index (κ2) is 14.9. The molecule has 0 fully saturated rings. The highest BCUT2D eigenvalue weighted by atomic mass is 14.2. The molecule has 0 saturated heterocycles. The second-order valence-corrected chi connectivity index (χ2v) is 13.7. The molecule has 0 N–H and O–H groups in total. The largest absolute Gasteiger partial charge is 0.0622 e. The third-order valence-corrected chi connectivity index (χ3v) is 10.3. The van der Waals surface area contributed by atoms with Crippen LogP contribution in [-0.4, -0.2) is 0 Å². The Kier molecular flexibility index (Phi) is 9.07. The van der Waals surface area contributed by atoms with Crippen molar-refractivity contribution in [1.29, 1.82) is 0 Å². The fourth-order valence-corrected chi connectivity index (χ4v) is 7.67. The van der Waals surface area contributed by atoms with Crippen LogP contribution in [0.5, 0.6) is 0 Å². The third-order valence-electron chi connectivity index (χ3n) is 10.3. The van der Waals surface area contributed by atoms with Crippen LogP contribution in [0.4, 0.5) is 0 Å². The SMILES string of the molecule is C(=C\c1ccccc1-c1c2ccc(-c3ccccc3)cc2c(-c2ccccc2/C=C/c2ccccc2)c2ccc(-c3ccccc3)cc12)/c1ccccc1. The molecule has 9 rings (SSSR count). The van der Waals surface area contributed by atoms with E-state index >= 15 is 0 Å². The molecule has 0 unspecified atom stereocenters.